The molecule has 3 N–H and O–H groups in total. The number of hydrogen-bond donors (Lipinski definition) is 2. The van der Waals surface area contributed by atoms with Gasteiger partial charge in [0.15, 0.2) is 0 Å². The molecular formula is C22H28ClN3O. The molecule has 1 aliphatic rings. The molecule has 1 heterocycles. The van der Waals surface area contributed by atoms with Crippen LogP contribution in [0.15, 0.2) is 54.6 Å². The average molecular weight is 386 g/mol. The standard InChI is InChI=1S/C22H28ClN3O/c1-16(21(24)18-5-3-2-4-6-18)22(27)25-20-11-13-26(14-12-20)15-17-7-9-19(23)10-8-17/h2-10,16,20-21H,11-15,24H2,1H3,(H,25,27). The minimum atomic E-state index is -0.281. The van der Waals surface area contributed by atoms with Crippen molar-refractivity contribution in [1.82, 2.24) is 10.2 Å². The van der Waals surface area contributed by atoms with E-state index in [-0.39, 0.29) is 23.9 Å². The zero-order valence-corrected chi connectivity index (χ0v) is 16.5. The molecule has 0 aromatic heterocycles. The Labute approximate surface area is 166 Å². The van der Waals surface area contributed by atoms with E-state index in [2.05, 4.69) is 22.3 Å². The number of rotatable bonds is 6. The third kappa shape index (κ3) is 5.55. The predicted octanol–water partition coefficient (Wildman–Crippen LogP) is 3.76. The first-order valence-corrected chi connectivity index (χ1v) is 9.98. The number of amides is 1. The van der Waals surface area contributed by atoms with Gasteiger partial charge in [0.05, 0.1) is 5.92 Å². The summed E-state index contributed by atoms with van der Waals surface area (Å²) in [7, 11) is 0. The van der Waals surface area contributed by atoms with E-state index in [0.717, 1.165) is 43.1 Å². The third-order valence-corrected chi connectivity index (χ3v) is 5.64. The Balaban J connectivity index is 1.45. The second-order valence-corrected chi connectivity index (χ2v) is 7.85. The Kier molecular flexibility index (Phi) is 6.89. The van der Waals surface area contributed by atoms with E-state index in [4.69, 9.17) is 17.3 Å². The fourth-order valence-corrected chi connectivity index (χ4v) is 3.67. The van der Waals surface area contributed by atoms with Crippen molar-refractivity contribution in [2.24, 2.45) is 11.7 Å². The predicted molar refractivity (Wildman–Crippen MR) is 110 cm³/mol. The molecule has 0 radical (unpaired) electrons. The van der Waals surface area contributed by atoms with Crippen LogP contribution in [0.3, 0.4) is 0 Å². The zero-order chi connectivity index (χ0) is 19.2. The second-order valence-electron chi connectivity index (χ2n) is 7.41. The van der Waals surface area contributed by atoms with Gasteiger partial charge < -0.3 is 11.1 Å². The van der Waals surface area contributed by atoms with Crippen LogP contribution in [0.2, 0.25) is 5.02 Å². The van der Waals surface area contributed by atoms with E-state index < -0.39 is 0 Å². The fourth-order valence-electron chi connectivity index (χ4n) is 3.54. The lowest BCUT2D eigenvalue weighted by molar-refractivity contribution is -0.126. The van der Waals surface area contributed by atoms with Crippen molar-refractivity contribution in [2.45, 2.75) is 38.4 Å². The number of hydrogen-bond acceptors (Lipinski definition) is 3. The third-order valence-electron chi connectivity index (χ3n) is 5.39. The summed E-state index contributed by atoms with van der Waals surface area (Å²) in [6.45, 7) is 4.79. The van der Waals surface area contributed by atoms with Crippen LogP contribution >= 0.6 is 11.6 Å². The highest BCUT2D eigenvalue weighted by atomic mass is 35.5. The van der Waals surface area contributed by atoms with E-state index in [0.29, 0.717) is 0 Å². The first-order chi connectivity index (χ1) is 13.0. The van der Waals surface area contributed by atoms with E-state index in [9.17, 15) is 4.79 Å². The molecule has 2 aromatic rings. The van der Waals surface area contributed by atoms with Crippen LogP contribution in [-0.2, 0) is 11.3 Å². The molecule has 5 heteroatoms. The van der Waals surface area contributed by atoms with Gasteiger partial charge in [-0.05, 0) is 36.1 Å². The largest absolute Gasteiger partial charge is 0.353 e. The lowest BCUT2D eigenvalue weighted by Gasteiger charge is -2.33. The number of nitrogens with one attached hydrogen (secondary N) is 1. The summed E-state index contributed by atoms with van der Waals surface area (Å²) >= 11 is 5.95. The summed E-state index contributed by atoms with van der Waals surface area (Å²) in [5, 5.41) is 3.96. The maximum Gasteiger partial charge on any atom is 0.224 e. The van der Waals surface area contributed by atoms with Crippen LogP contribution in [0.5, 0.6) is 0 Å². The van der Waals surface area contributed by atoms with Gasteiger partial charge in [0.1, 0.15) is 0 Å². The highest BCUT2D eigenvalue weighted by Gasteiger charge is 2.26. The summed E-state index contributed by atoms with van der Waals surface area (Å²) in [5.74, 6) is -0.206. The van der Waals surface area contributed by atoms with E-state index in [1.165, 1.54) is 5.56 Å². The SMILES string of the molecule is CC(C(=O)NC1CCN(Cc2ccc(Cl)cc2)CC1)C(N)c1ccccc1. The van der Waals surface area contributed by atoms with Gasteiger partial charge in [-0.2, -0.15) is 0 Å². The van der Waals surface area contributed by atoms with Crippen molar-refractivity contribution in [3.63, 3.8) is 0 Å². The van der Waals surface area contributed by atoms with Crippen LogP contribution in [0, 0.1) is 5.92 Å². The fraction of sp³-hybridized carbons (Fsp3) is 0.409. The quantitative estimate of drug-likeness (QED) is 0.796. The van der Waals surface area contributed by atoms with Crippen LogP contribution in [0.4, 0.5) is 0 Å². The molecule has 2 atom stereocenters. The van der Waals surface area contributed by atoms with Crippen LogP contribution in [-0.4, -0.2) is 29.9 Å². The Morgan fingerprint density at radius 1 is 1.15 bits per heavy atom. The van der Waals surface area contributed by atoms with Crippen molar-refractivity contribution in [1.29, 1.82) is 0 Å². The van der Waals surface area contributed by atoms with E-state index in [1.54, 1.807) is 0 Å². The highest BCUT2D eigenvalue weighted by molar-refractivity contribution is 6.30. The van der Waals surface area contributed by atoms with E-state index >= 15 is 0 Å². The summed E-state index contributed by atoms with van der Waals surface area (Å²) in [6.07, 6.45) is 1.93. The average Bonchev–Trinajstić information content (AvgIpc) is 2.70. The number of halogens is 1. The molecule has 2 unspecified atom stereocenters. The number of carbonyl (C=O) groups is 1. The first-order valence-electron chi connectivity index (χ1n) is 9.60. The summed E-state index contributed by atoms with van der Waals surface area (Å²) < 4.78 is 0. The monoisotopic (exact) mass is 385 g/mol. The Morgan fingerprint density at radius 3 is 2.41 bits per heavy atom. The van der Waals surface area contributed by atoms with Crippen molar-refractivity contribution < 1.29 is 4.79 Å². The Bertz CT molecular complexity index is 727. The summed E-state index contributed by atoms with van der Waals surface area (Å²) in [5.41, 5.74) is 8.55. The van der Waals surface area contributed by atoms with Crippen molar-refractivity contribution in [2.75, 3.05) is 13.1 Å². The maximum atomic E-state index is 12.6. The highest BCUT2D eigenvalue weighted by Crippen LogP contribution is 2.21. The van der Waals surface area contributed by atoms with Gasteiger partial charge >= 0.3 is 0 Å². The summed E-state index contributed by atoms with van der Waals surface area (Å²) in [6, 6.07) is 17.8. The summed E-state index contributed by atoms with van der Waals surface area (Å²) in [4.78, 5) is 15.0. The van der Waals surface area contributed by atoms with Crippen LogP contribution in [0.25, 0.3) is 0 Å². The Hall–Kier alpha value is -1.88. The van der Waals surface area contributed by atoms with Crippen molar-refractivity contribution >= 4 is 17.5 Å². The zero-order valence-electron chi connectivity index (χ0n) is 15.8. The van der Waals surface area contributed by atoms with E-state index in [1.807, 2.05) is 49.4 Å². The molecule has 3 rings (SSSR count). The second kappa shape index (κ2) is 9.36. The maximum absolute atomic E-state index is 12.6. The molecule has 1 fully saturated rings. The smallest absolute Gasteiger partial charge is 0.224 e. The van der Waals surface area contributed by atoms with Gasteiger partial charge in [0, 0.05) is 36.7 Å². The van der Waals surface area contributed by atoms with Gasteiger partial charge in [-0.1, -0.05) is 61.0 Å². The molecule has 0 spiro atoms. The van der Waals surface area contributed by atoms with Crippen molar-refractivity contribution in [3.8, 4) is 0 Å². The number of likely N-dealkylation sites (tertiary alicyclic amines) is 1. The number of nitrogens with two attached hydrogens (primary N) is 1. The molecule has 0 saturated carbocycles. The van der Waals surface area contributed by atoms with Gasteiger partial charge in [0.2, 0.25) is 5.91 Å². The number of piperidine rings is 1. The lowest BCUT2D eigenvalue weighted by Crippen LogP contribution is -2.47. The number of carbonyl (C=O) groups excluding carboxylic acids is 1. The minimum absolute atomic E-state index is 0.0440. The molecule has 27 heavy (non-hydrogen) atoms. The molecule has 2 aromatic carbocycles. The number of nitrogens with zero attached hydrogens (tertiary/aromatic N) is 1. The molecular weight excluding hydrogens is 358 g/mol. The Morgan fingerprint density at radius 2 is 1.78 bits per heavy atom. The van der Waals surface area contributed by atoms with Crippen molar-refractivity contribution in [3.05, 3.63) is 70.7 Å². The van der Waals surface area contributed by atoms with Crippen LogP contribution < -0.4 is 11.1 Å². The van der Waals surface area contributed by atoms with Gasteiger partial charge in [0.25, 0.3) is 0 Å². The molecule has 1 aliphatic heterocycles. The minimum Gasteiger partial charge on any atom is -0.353 e. The molecule has 0 aliphatic carbocycles. The van der Waals surface area contributed by atoms with Gasteiger partial charge in [-0.3, -0.25) is 9.69 Å². The molecule has 1 amide bonds. The normalized spacial score (nSPS) is 18.0. The molecule has 1 saturated heterocycles. The molecule has 4 nitrogen and oxygen atoms in total. The van der Waals surface area contributed by atoms with Gasteiger partial charge in [-0.25, -0.2) is 0 Å². The molecule has 0 bridgehead atoms. The van der Waals surface area contributed by atoms with Crippen LogP contribution in [0.1, 0.15) is 36.9 Å². The lowest BCUT2D eigenvalue weighted by atomic mass is 9.94. The number of benzene rings is 2. The first kappa shape index (κ1) is 19.9. The topological polar surface area (TPSA) is 58.4 Å². The van der Waals surface area contributed by atoms with Gasteiger partial charge in [-0.15, -0.1) is 0 Å². The molecule has 144 valence electrons.